The first kappa shape index (κ1) is 12.8. The molecule has 0 spiro atoms. The predicted octanol–water partition coefficient (Wildman–Crippen LogP) is 2.63. The van der Waals surface area contributed by atoms with Crippen LogP contribution in [0.25, 0.3) is 0 Å². The summed E-state index contributed by atoms with van der Waals surface area (Å²) in [6, 6.07) is 10.1. The van der Waals surface area contributed by atoms with Crippen LogP contribution >= 0.6 is 0 Å². The molecular formula is C14H18O2. The van der Waals surface area contributed by atoms with E-state index in [2.05, 4.69) is 11.8 Å². The molecule has 1 aromatic rings. The van der Waals surface area contributed by atoms with Crippen molar-refractivity contribution in [1.82, 2.24) is 0 Å². The molecule has 0 fully saturated rings. The van der Waals surface area contributed by atoms with Crippen molar-refractivity contribution in [3.8, 4) is 11.8 Å². The van der Waals surface area contributed by atoms with Crippen LogP contribution in [0, 0.1) is 11.8 Å². The third-order valence-corrected chi connectivity index (χ3v) is 2.08. The predicted molar refractivity (Wildman–Crippen MR) is 65.0 cm³/mol. The van der Waals surface area contributed by atoms with Gasteiger partial charge >= 0.3 is 0 Å². The Kier molecular flexibility index (Phi) is 6.32. The molecule has 0 N–H and O–H groups in total. The summed E-state index contributed by atoms with van der Waals surface area (Å²) in [7, 11) is 0. The van der Waals surface area contributed by atoms with Gasteiger partial charge in [-0.2, -0.15) is 0 Å². The lowest BCUT2D eigenvalue weighted by Crippen LogP contribution is -2.16. The zero-order chi connectivity index (χ0) is 11.6. The van der Waals surface area contributed by atoms with Crippen molar-refractivity contribution in [1.29, 1.82) is 0 Å². The molecule has 0 saturated heterocycles. The molecule has 0 aliphatic heterocycles. The molecule has 0 amide bonds. The fourth-order valence-corrected chi connectivity index (χ4v) is 1.22. The molecule has 1 aromatic carbocycles. The van der Waals surface area contributed by atoms with E-state index >= 15 is 0 Å². The van der Waals surface area contributed by atoms with Crippen LogP contribution in [0.4, 0.5) is 0 Å². The van der Waals surface area contributed by atoms with Crippen molar-refractivity contribution < 1.29 is 9.47 Å². The van der Waals surface area contributed by atoms with Crippen molar-refractivity contribution in [3.05, 3.63) is 35.9 Å². The Hall–Kier alpha value is -1.30. The summed E-state index contributed by atoms with van der Waals surface area (Å²) in [6.45, 7) is 5.50. The summed E-state index contributed by atoms with van der Waals surface area (Å²) in [5.41, 5.74) is 1.18. The Morgan fingerprint density at radius 3 is 2.69 bits per heavy atom. The standard InChI is InChI=1S/C14H18O2/c1-3-4-10-16-13(2)11-15-12-14-8-6-5-7-9-14/h5-9,13H,10-12H2,1-2H3/t13-/m1/s1. The molecule has 0 heterocycles. The van der Waals surface area contributed by atoms with E-state index < -0.39 is 0 Å². The number of benzene rings is 1. The molecule has 0 aliphatic rings. The van der Waals surface area contributed by atoms with Crippen molar-refractivity contribution in [2.75, 3.05) is 13.2 Å². The zero-order valence-electron chi connectivity index (χ0n) is 9.90. The average Bonchev–Trinajstić information content (AvgIpc) is 2.31. The van der Waals surface area contributed by atoms with Crippen LogP contribution in [0.3, 0.4) is 0 Å². The normalized spacial score (nSPS) is 11.6. The molecule has 0 radical (unpaired) electrons. The minimum atomic E-state index is 0.0876. The monoisotopic (exact) mass is 218 g/mol. The lowest BCUT2D eigenvalue weighted by atomic mass is 10.2. The first-order valence-electron chi connectivity index (χ1n) is 5.46. The van der Waals surface area contributed by atoms with Gasteiger partial charge in [0.15, 0.2) is 0 Å². The van der Waals surface area contributed by atoms with E-state index in [1.807, 2.05) is 37.3 Å². The smallest absolute Gasteiger partial charge is 0.108 e. The van der Waals surface area contributed by atoms with E-state index in [1.165, 1.54) is 5.56 Å². The van der Waals surface area contributed by atoms with Gasteiger partial charge in [-0.15, -0.1) is 5.92 Å². The van der Waals surface area contributed by atoms with Gasteiger partial charge in [-0.05, 0) is 19.4 Å². The highest BCUT2D eigenvalue weighted by Gasteiger charge is 2.01. The van der Waals surface area contributed by atoms with Gasteiger partial charge in [-0.1, -0.05) is 36.3 Å². The topological polar surface area (TPSA) is 18.5 Å². The summed E-state index contributed by atoms with van der Waals surface area (Å²) in [5.74, 6) is 5.65. The lowest BCUT2D eigenvalue weighted by molar-refractivity contribution is 0.000239. The van der Waals surface area contributed by atoms with Gasteiger partial charge in [-0.25, -0.2) is 0 Å². The molecule has 2 heteroatoms. The third kappa shape index (κ3) is 5.55. The molecule has 86 valence electrons. The summed E-state index contributed by atoms with van der Waals surface area (Å²) >= 11 is 0. The summed E-state index contributed by atoms with van der Waals surface area (Å²) in [6.07, 6.45) is 0.0876. The number of hydrogen-bond acceptors (Lipinski definition) is 2. The van der Waals surface area contributed by atoms with Crippen molar-refractivity contribution in [2.24, 2.45) is 0 Å². The Labute approximate surface area is 97.6 Å². The quantitative estimate of drug-likeness (QED) is 0.683. The summed E-state index contributed by atoms with van der Waals surface area (Å²) in [5, 5.41) is 0. The molecule has 0 aliphatic carbocycles. The molecule has 1 atom stereocenters. The zero-order valence-corrected chi connectivity index (χ0v) is 9.90. The Morgan fingerprint density at radius 1 is 1.25 bits per heavy atom. The van der Waals surface area contributed by atoms with Crippen LogP contribution in [0.1, 0.15) is 19.4 Å². The Bertz CT molecular complexity index is 335. The van der Waals surface area contributed by atoms with Gasteiger partial charge < -0.3 is 9.47 Å². The van der Waals surface area contributed by atoms with Crippen molar-refractivity contribution >= 4 is 0 Å². The second-order valence-corrected chi connectivity index (χ2v) is 3.55. The van der Waals surface area contributed by atoms with E-state index in [1.54, 1.807) is 6.92 Å². The average molecular weight is 218 g/mol. The minimum absolute atomic E-state index is 0.0876. The minimum Gasteiger partial charge on any atom is -0.374 e. The summed E-state index contributed by atoms with van der Waals surface area (Å²) in [4.78, 5) is 0. The van der Waals surface area contributed by atoms with Gasteiger partial charge in [0.05, 0.1) is 19.3 Å². The maximum Gasteiger partial charge on any atom is 0.108 e. The summed E-state index contributed by atoms with van der Waals surface area (Å²) < 4.78 is 11.0. The first-order valence-corrected chi connectivity index (χ1v) is 5.46. The fraction of sp³-hybridized carbons (Fsp3) is 0.429. The molecule has 0 unspecified atom stereocenters. The van der Waals surface area contributed by atoms with E-state index in [4.69, 9.17) is 9.47 Å². The number of ether oxygens (including phenoxy) is 2. The number of hydrogen-bond donors (Lipinski definition) is 0. The Balaban J connectivity index is 2.12. The second kappa shape index (κ2) is 7.92. The third-order valence-electron chi connectivity index (χ3n) is 2.08. The molecular weight excluding hydrogens is 200 g/mol. The fourth-order valence-electron chi connectivity index (χ4n) is 1.22. The maximum absolute atomic E-state index is 5.54. The second-order valence-electron chi connectivity index (χ2n) is 3.55. The van der Waals surface area contributed by atoms with Gasteiger partial charge in [0.25, 0.3) is 0 Å². The number of rotatable bonds is 6. The van der Waals surface area contributed by atoms with Crippen LogP contribution < -0.4 is 0 Å². The SMILES string of the molecule is CC#CCO[C@H](C)COCc1ccccc1. The maximum atomic E-state index is 5.54. The highest BCUT2D eigenvalue weighted by atomic mass is 16.5. The highest BCUT2D eigenvalue weighted by molar-refractivity contribution is 5.13. The molecule has 16 heavy (non-hydrogen) atoms. The van der Waals surface area contributed by atoms with Crippen LogP contribution in [0.2, 0.25) is 0 Å². The molecule has 0 saturated carbocycles. The first-order chi connectivity index (χ1) is 7.83. The largest absolute Gasteiger partial charge is 0.374 e. The van der Waals surface area contributed by atoms with E-state index in [9.17, 15) is 0 Å². The van der Waals surface area contributed by atoms with E-state index in [0.29, 0.717) is 19.8 Å². The van der Waals surface area contributed by atoms with Gasteiger partial charge in [0.2, 0.25) is 0 Å². The van der Waals surface area contributed by atoms with Gasteiger partial charge in [-0.3, -0.25) is 0 Å². The van der Waals surface area contributed by atoms with E-state index in [0.717, 1.165) is 0 Å². The Morgan fingerprint density at radius 2 is 2.00 bits per heavy atom. The molecule has 1 rings (SSSR count). The molecule has 2 nitrogen and oxygen atoms in total. The highest BCUT2D eigenvalue weighted by Crippen LogP contribution is 2.01. The molecule has 0 aromatic heterocycles. The van der Waals surface area contributed by atoms with Crippen LogP contribution in [0.15, 0.2) is 30.3 Å². The van der Waals surface area contributed by atoms with Crippen LogP contribution in [0.5, 0.6) is 0 Å². The van der Waals surface area contributed by atoms with Crippen molar-refractivity contribution in [2.45, 2.75) is 26.6 Å². The van der Waals surface area contributed by atoms with Gasteiger partial charge in [0.1, 0.15) is 6.61 Å². The van der Waals surface area contributed by atoms with E-state index in [-0.39, 0.29) is 6.10 Å². The van der Waals surface area contributed by atoms with Crippen LogP contribution in [-0.2, 0) is 16.1 Å². The van der Waals surface area contributed by atoms with Crippen LogP contribution in [-0.4, -0.2) is 19.3 Å². The lowest BCUT2D eigenvalue weighted by Gasteiger charge is -2.11. The van der Waals surface area contributed by atoms with Crippen molar-refractivity contribution in [3.63, 3.8) is 0 Å². The van der Waals surface area contributed by atoms with Gasteiger partial charge in [0, 0.05) is 0 Å². The molecule has 0 bridgehead atoms.